The van der Waals surface area contributed by atoms with E-state index in [4.69, 9.17) is 0 Å². The largest absolute Gasteiger partial charge is 0.412 e. The molecule has 8 heavy (non-hydrogen) atoms. The van der Waals surface area contributed by atoms with Crippen LogP contribution in [0, 0.1) is 0 Å². The summed E-state index contributed by atoms with van der Waals surface area (Å²) in [6.45, 7) is 0. The van der Waals surface area contributed by atoms with E-state index in [9.17, 15) is 0 Å². The van der Waals surface area contributed by atoms with Crippen LogP contribution in [0.15, 0.2) is 0 Å². The molecule has 6 nitrogen and oxygen atoms in total. The minimum absolute atomic E-state index is 0. The molecule has 0 fully saturated rings. The molecule has 8 heteroatoms. The molecule has 0 aromatic rings. The van der Waals surface area contributed by atoms with Gasteiger partial charge in [0.25, 0.3) is 0 Å². The van der Waals surface area contributed by atoms with Gasteiger partial charge in [-0.05, 0) is 0 Å². The van der Waals surface area contributed by atoms with E-state index >= 15 is 0 Å². The Bertz CT molecular complexity index is 8.49. The fourth-order valence-electron chi connectivity index (χ4n) is 0. The molecule has 0 aliphatic rings. The zero-order valence-corrected chi connectivity index (χ0v) is 6.58. The van der Waals surface area contributed by atoms with Crippen LogP contribution >= 0.6 is 17.0 Å². The van der Waals surface area contributed by atoms with Crippen molar-refractivity contribution in [3.63, 3.8) is 0 Å². The van der Waals surface area contributed by atoms with Crippen LogP contribution in [0.5, 0.6) is 0 Å². The smallest absolute Gasteiger partial charge is 0 e. The van der Waals surface area contributed by atoms with Crippen LogP contribution in [0.2, 0.25) is 0 Å². The SMILES string of the molecule is Br.O.O.O.O.O.O.[Fe]. The van der Waals surface area contributed by atoms with Gasteiger partial charge in [-0.2, -0.15) is 0 Å². The van der Waals surface area contributed by atoms with E-state index in [1.165, 1.54) is 0 Å². The summed E-state index contributed by atoms with van der Waals surface area (Å²) in [5.74, 6) is 0. The van der Waals surface area contributed by atoms with Crippen LogP contribution in [0.25, 0.3) is 0 Å². The Morgan fingerprint density at radius 3 is 0.375 bits per heavy atom. The number of hydrogen-bond acceptors (Lipinski definition) is 0. The van der Waals surface area contributed by atoms with Gasteiger partial charge in [0.1, 0.15) is 0 Å². The minimum atomic E-state index is 0. The van der Waals surface area contributed by atoms with Crippen LogP contribution < -0.4 is 0 Å². The van der Waals surface area contributed by atoms with Gasteiger partial charge in [-0.3, -0.25) is 0 Å². The molecule has 0 aromatic heterocycles. The van der Waals surface area contributed by atoms with Crippen molar-refractivity contribution >= 4 is 17.0 Å². The second kappa shape index (κ2) is 615. The Morgan fingerprint density at radius 1 is 0.375 bits per heavy atom. The summed E-state index contributed by atoms with van der Waals surface area (Å²) in [5, 5.41) is 0. The first-order valence-electron chi connectivity index (χ1n) is 0. The second-order valence-electron chi connectivity index (χ2n) is 0. The monoisotopic (exact) mass is 244 g/mol. The van der Waals surface area contributed by atoms with Crippen molar-refractivity contribution in [1.82, 2.24) is 0 Å². The molecule has 0 radical (unpaired) electrons. The maximum absolute atomic E-state index is 0. The summed E-state index contributed by atoms with van der Waals surface area (Å²) in [5.41, 5.74) is 0. The molecule has 12 N–H and O–H groups in total. The van der Waals surface area contributed by atoms with Crippen LogP contribution in [0.3, 0.4) is 0 Å². The summed E-state index contributed by atoms with van der Waals surface area (Å²) >= 11 is 0. The van der Waals surface area contributed by atoms with Gasteiger partial charge in [-0.1, -0.05) is 0 Å². The summed E-state index contributed by atoms with van der Waals surface area (Å²) in [7, 11) is 0. The Balaban J connectivity index is 0. The van der Waals surface area contributed by atoms with Crippen LogP contribution in [0.1, 0.15) is 0 Å². The van der Waals surface area contributed by atoms with Crippen LogP contribution in [-0.2, 0) is 17.1 Å². The molecule has 0 atom stereocenters. The summed E-state index contributed by atoms with van der Waals surface area (Å²) < 4.78 is 0. The van der Waals surface area contributed by atoms with Gasteiger partial charge < -0.3 is 32.9 Å². The van der Waals surface area contributed by atoms with E-state index < -0.39 is 0 Å². The average molecular weight is 245 g/mol. The number of rotatable bonds is 0. The van der Waals surface area contributed by atoms with Crippen LogP contribution in [-0.4, -0.2) is 32.9 Å². The normalized spacial score (nSPS) is 0. The number of halogens is 1. The fourth-order valence-corrected chi connectivity index (χ4v) is 0. The quantitative estimate of drug-likeness (QED) is 0.372. The Morgan fingerprint density at radius 2 is 0.375 bits per heavy atom. The molecular formula is H13BrFeO6. The first-order chi connectivity index (χ1) is 0. The molecule has 0 aliphatic carbocycles. The van der Waals surface area contributed by atoms with Crippen molar-refractivity contribution in [2.24, 2.45) is 0 Å². The predicted molar refractivity (Wildman–Crippen MR) is 32.0 cm³/mol. The third-order valence-electron chi connectivity index (χ3n) is 0. The third kappa shape index (κ3) is 389. The Kier molecular flexibility index (Phi) is 70300. The van der Waals surface area contributed by atoms with Crippen LogP contribution in [0.4, 0.5) is 0 Å². The minimum Gasteiger partial charge on any atom is -0.412 e. The molecule has 64 valence electrons. The molecule has 0 saturated carbocycles. The average Bonchev–Trinajstić information content (AvgIpc) is 0. The maximum atomic E-state index is 0. The topological polar surface area (TPSA) is 189 Å². The molecule has 0 rings (SSSR count). The van der Waals surface area contributed by atoms with Gasteiger partial charge in [0, 0.05) is 17.1 Å². The zero-order chi connectivity index (χ0) is 0. The van der Waals surface area contributed by atoms with E-state index in [0.29, 0.717) is 0 Å². The molecular weight excluding hydrogens is 232 g/mol. The van der Waals surface area contributed by atoms with Gasteiger partial charge in [0.15, 0.2) is 0 Å². The molecule has 0 saturated heterocycles. The zero-order valence-electron chi connectivity index (χ0n) is 3.76. The van der Waals surface area contributed by atoms with Crippen molar-refractivity contribution in [3.05, 3.63) is 0 Å². The molecule has 0 aromatic carbocycles. The molecule has 0 unspecified atom stereocenters. The molecule has 0 heterocycles. The molecule has 0 bridgehead atoms. The van der Waals surface area contributed by atoms with Gasteiger partial charge in [0.05, 0.1) is 0 Å². The van der Waals surface area contributed by atoms with Gasteiger partial charge in [-0.25, -0.2) is 0 Å². The van der Waals surface area contributed by atoms with Gasteiger partial charge in [0.2, 0.25) is 0 Å². The van der Waals surface area contributed by atoms with Crippen molar-refractivity contribution in [3.8, 4) is 0 Å². The summed E-state index contributed by atoms with van der Waals surface area (Å²) in [6, 6.07) is 0. The Hall–Kier alpha value is 0.759. The van der Waals surface area contributed by atoms with Crippen molar-refractivity contribution in [2.45, 2.75) is 0 Å². The Labute approximate surface area is 67.4 Å². The van der Waals surface area contributed by atoms with E-state index in [-0.39, 0.29) is 66.9 Å². The summed E-state index contributed by atoms with van der Waals surface area (Å²) in [6.07, 6.45) is 0. The van der Waals surface area contributed by atoms with Crippen molar-refractivity contribution in [1.29, 1.82) is 0 Å². The van der Waals surface area contributed by atoms with E-state index in [1.54, 1.807) is 0 Å². The molecule has 0 amide bonds. The summed E-state index contributed by atoms with van der Waals surface area (Å²) in [4.78, 5) is 0. The molecule has 0 spiro atoms. The van der Waals surface area contributed by atoms with Gasteiger partial charge in [-0.15, -0.1) is 17.0 Å². The fraction of sp³-hybridized carbons (Fsp3) is 0. The van der Waals surface area contributed by atoms with Crippen molar-refractivity contribution < 1.29 is 49.9 Å². The van der Waals surface area contributed by atoms with Gasteiger partial charge >= 0.3 is 0 Å². The van der Waals surface area contributed by atoms with E-state index in [0.717, 1.165) is 0 Å². The third-order valence-corrected chi connectivity index (χ3v) is 0. The standard InChI is InChI=1S/BrH.Fe.6H2O/h1H;;6*1H2. The first-order valence-corrected chi connectivity index (χ1v) is 0. The predicted octanol–water partition coefficient (Wildman–Crippen LogP) is -4.37. The molecule has 0 aliphatic heterocycles. The van der Waals surface area contributed by atoms with Crippen molar-refractivity contribution in [2.75, 3.05) is 0 Å². The van der Waals surface area contributed by atoms with E-state index in [2.05, 4.69) is 0 Å². The van der Waals surface area contributed by atoms with E-state index in [1.807, 2.05) is 0 Å². The first kappa shape index (κ1) is 914. The number of hydrogen-bond donors (Lipinski definition) is 0. The maximum Gasteiger partial charge on any atom is 0 e. The second-order valence-corrected chi connectivity index (χ2v) is 0.